The molecule has 0 radical (unpaired) electrons. The minimum atomic E-state index is -0.632. The van der Waals surface area contributed by atoms with Gasteiger partial charge in [0.25, 0.3) is 0 Å². The van der Waals surface area contributed by atoms with E-state index in [2.05, 4.69) is 10.6 Å². The maximum atomic E-state index is 13.9. The first-order valence-corrected chi connectivity index (χ1v) is 6.46. The second-order valence-corrected chi connectivity index (χ2v) is 5.66. The highest BCUT2D eigenvalue weighted by molar-refractivity contribution is 5.87. The van der Waals surface area contributed by atoms with Gasteiger partial charge in [-0.15, -0.1) is 0 Å². The van der Waals surface area contributed by atoms with Crippen molar-refractivity contribution >= 4 is 17.9 Å². The van der Waals surface area contributed by atoms with E-state index in [1.54, 1.807) is 20.8 Å². The van der Waals surface area contributed by atoms with Crippen LogP contribution in [0.25, 0.3) is 0 Å². The van der Waals surface area contributed by atoms with Crippen molar-refractivity contribution in [1.82, 2.24) is 5.32 Å². The highest BCUT2D eigenvalue weighted by Crippen LogP contribution is 2.25. The largest absolute Gasteiger partial charge is 0.444 e. The summed E-state index contributed by atoms with van der Waals surface area (Å²) in [5, 5.41) is 4.95. The summed E-state index contributed by atoms with van der Waals surface area (Å²) in [5.41, 5.74) is 0.660. The summed E-state index contributed by atoms with van der Waals surface area (Å²) >= 11 is 0. The number of alkyl carbamates (subject to hydrolysis) is 1. The molecule has 2 amide bonds. The van der Waals surface area contributed by atoms with Crippen molar-refractivity contribution in [2.45, 2.75) is 39.5 Å². The second-order valence-electron chi connectivity index (χ2n) is 5.66. The van der Waals surface area contributed by atoms with Crippen LogP contribution in [0.15, 0.2) is 12.1 Å². The topological polar surface area (TPSA) is 76.7 Å². The normalized spacial score (nSPS) is 13.8. The van der Waals surface area contributed by atoms with Gasteiger partial charge in [0.1, 0.15) is 18.0 Å². The summed E-state index contributed by atoms with van der Waals surface area (Å²) in [6.45, 7) is 5.20. The van der Waals surface area contributed by atoms with Gasteiger partial charge in [-0.2, -0.15) is 0 Å². The van der Waals surface area contributed by atoms with E-state index in [1.807, 2.05) is 0 Å². The molecule has 0 fully saturated rings. The summed E-state index contributed by atoms with van der Waals surface area (Å²) in [6, 6.07) is 2.75. The van der Waals surface area contributed by atoms with Crippen LogP contribution in [0.4, 0.5) is 19.7 Å². The van der Waals surface area contributed by atoms with E-state index in [4.69, 9.17) is 9.47 Å². The summed E-state index contributed by atoms with van der Waals surface area (Å²) < 4.78 is 23.7. The summed E-state index contributed by atoms with van der Waals surface area (Å²) in [7, 11) is 0. The second kappa shape index (κ2) is 5.59. The van der Waals surface area contributed by atoms with Crippen LogP contribution in [0.1, 0.15) is 31.9 Å². The van der Waals surface area contributed by atoms with Crippen LogP contribution in [-0.2, 0) is 22.6 Å². The summed E-state index contributed by atoms with van der Waals surface area (Å²) in [5.74, 6) is -0.482. The molecule has 114 valence electrons. The van der Waals surface area contributed by atoms with Crippen LogP contribution in [0.5, 0.6) is 0 Å². The molecule has 21 heavy (non-hydrogen) atoms. The Kier molecular flexibility index (Phi) is 4.02. The molecule has 2 rings (SSSR count). The molecular weight excluding hydrogens is 279 g/mol. The number of hydrogen-bond donors (Lipinski definition) is 2. The van der Waals surface area contributed by atoms with Gasteiger partial charge < -0.3 is 14.8 Å². The molecule has 1 heterocycles. The van der Waals surface area contributed by atoms with Gasteiger partial charge >= 0.3 is 12.2 Å². The van der Waals surface area contributed by atoms with Crippen LogP contribution < -0.4 is 10.6 Å². The van der Waals surface area contributed by atoms with Gasteiger partial charge in [-0.05, 0) is 32.9 Å². The quantitative estimate of drug-likeness (QED) is 0.879. The molecule has 1 aliphatic heterocycles. The minimum Gasteiger partial charge on any atom is -0.444 e. The predicted molar refractivity (Wildman–Crippen MR) is 73.3 cm³/mol. The number of hydrogen-bond acceptors (Lipinski definition) is 4. The zero-order valence-electron chi connectivity index (χ0n) is 12.1. The number of rotatable bonds is 2. The molecule has 2 N–H and O–H groups in total. The average Bonchev–Trinajstić information content (AvgIpc) is 2.34. The molecule has 1 aromatic carbocycles. The third kappa shape index (κ3) is 4.08. The minimum absolute atomic E-state index is 0.0257. The Labute approximate surface area is 121 Å². The lowest BCUT2D eigenvalue weighted by atomic mass is 10.1. The van der Waals surface area contributed by atoms with Gasteiger partial charge in [-0.3, -0.25) is 5.32 Å². The van der Waals surface area contributed by atoms with Gasteiger partial charge in [-0.25, -0.2) is 14.0 Å². The molecule has 0 bridgehead atoms. The van der Waals surface area contributed by atoms with Gasteiger partial charge in [0.2, 0.25) is 0 Å². The Hall–Kier alpha value is -2.31. The maximum absolute atomic E-state index is 13.9. The first kappa shape index (κ1) is 15.1. The van der Waals surface area contributed by atoms with E-state index >= 15 is 0 Å². The summed E-state index contributed by atoms with van der Waals surface area (Å²) in [4.78, 5) is 22.7. The lowest BCUT2D eigenvalue weighted by Gasteiger charge is -2.21. The molecule has 6 nitrogen and oxygen atoms in total. The van der Waals surface area contributed by atoms with Crippen molar-refractivity contribution < 1.29 is 23.5 Å². The maximum Gasteiger partial charge on any atom is 0.411 e. The molecule has 0 spiro atoms. The number of amides is 2. The van der Waals surface area contributed by atoms with Crippen LogP contribution in [0, 0.1) is 5.82 Å². The van der Waals surface area contributed by atoms with Crippen molar-refractivity contribution in [2.75, 3.05) is 5.32 Å². The van der Waals surface area contributed by atoms with Crippen molar-refractivity contribution in [2.24, 2.45) is 0 Å². The van der Waals surface area contributed by atoms with E-state index in [0.29, 0.717) is 11.3 Å². The van der Waals surface area contributed by atoms with Crippen LogP contribution in [-0.4, -0.2) is 17.8 Å². The fourth-order valence-electron chi connectivity index (χ4n) is 1.80. The van der Waals surface area contributed by atoms with Crippen molar-refractivity contribution in [3.63, 3.8) is 0 Å². The third-order valence-corrected chi connectivity index (χ3v) is 2.69. The number of cyclic esters (lactones) is 1. The molecule has 1 aliphatic rings. The zero-order valence-corrected chi connectivity index (χ0v) is 12.1. The highest BCUT2D eigenvalue weighted by Gasteiger charge is 2.20. The van der Waals surface area contributed by atoms with Crippen LogP contribution >= 0.6 is 0 Å². The van der Waals surface area contributed by atoms with E-state index in [0.717, 1.165) is 0 Å². The number of benzene rings is 1. The molecule has 0 saturated carbocycles. The Morgan fingerprint density at radius 1 is 1.48 bits per heavy atom. The Bertz CT molecular complexity index is 581. The van der Waals surface area contributed by atoms with E-state index < -0.39 is 23.6 Å². The van der Waals surface area contributed by atoms with Gasteiger partial charge in [0.15, 0.2) is 0 Å². The number of ether oxygens (including phenoxy) is 2. The van der Waals surface area contributed by atoms with Gasteiger partial charge in [-0.1, -0.05) is 0 Å². The summed E-state index contributed by atoms with van der Waals surface area (Å²) in [6.07, 6.45) is -1.22. The standard InChI is InChI=1S/C14H17FN2O4/c1-14(2,3)21-12(18)16-6-8-5-11-9(4-10(8)15)7-20-13(19)17-11/h4-5H,6-7H2,1-3H3,(H,16,18)(H,17,19). The first-order valence-electron chi connectivity index (χ1n) is 6.46. The van der Waals surface area contributed by atoms with Gasteiger partial charge in [0.05, 0.1) is 5.69 Å². The predicted octanol–water partition coefficient (Wildman–Crippen LogP) is 2.91. The number of carbonyl (C=O) groups is 2. The Balaban J connectivity index is 2.05. The number of carbonyl (C=O) groups excluding carboxylic acids is 2. The van der Waals surface area contributed by atoms with Crippen molar-refractivity contribution in [3.05, 3.63) is 29.1 Å². The molecule has 0 saturated heterocycles. The fraction of sp³-hybridized carbons (Fsp3) is 0.429. The zero-order chi connectivity index (χ0) is 15.6. The van der Waals surface area contributed by atoms with Crippen LogP contribution in [0.3, 0.4) is 0 Å². The molecule has 0 unspecified atom stereocenters. The lowest BCUT2D eigenvalue weighted by molar-refractivity contribution is 0.0523. The molecule has 7 heteroatoms. The number of anilines is 1. The molecular formula is C14H17FN2O4. The molecule has 0 aliphatic carbocycles. The van der Waals surface area contributed by atoms with Crippen molar-refractivity contribution in [1.29, 1.82) is 0 Å². The van der Waals surface area contributed by atoms with Crippen molar-refractivity contribution in [3.8, 4) is 0 Å². The fourth-order valence-corrected chi connectivity index (χ4v) is 1.80. The SMILES string of the molecule is CC(C)(C)OC(=O)NCc1cc2c(cc1F)COC(=O)N2. The first-order chi connectivity index (χ1) is 9.74. The Morgan fingerprint density at radius 3 is 2.86 bits per heavy atom. The van der Waals surface area contributed by atoms with E-state index in [1.165, 1.54) is 12.1 Å². The van der Waals surface area contributed by atoms with Gasteiger partial charge in [0, 0.05) is 17.7 Å². The van der Waals surface area contributed by atoms with E-state index in [9.17, 15) is 14.0 Å². The molecule has 0 atom stereocenters. The lowest BCUT2D eigenvalue weighted by Crippen LogP contribution is -2.32. The third-order valence-electron chi connectivity index (χ3n) is 2.69. The number of fused-ring (bicyclic) bond motifs is 1. The number of halogens is 1. The highest BCUT2D eigenvalue weighted by atomic mass is 19.1. The van der Waals surface area contributed by atoms with E-state index in [-0.39, 0.29) is 18.7 Å². The monoisotopic (exact) mass is 296 g/mol. The molecule has 1 aromatic rings. The number of nitrogens with one attached hydrogen (secondary N) is 2. The average molecular weight is 296 g/mol. The Morgan fingerprint density at radius 2 is 2.19 bits per heavy atom. The van der Waals surface area contributed by atoms with Crippen LogP contribution in [0.2, 0.25) is 0 Å². The smallest absolute Gasteiger partial charge is 0.411 e. The molecule has 0 aromatic heterocycles.